The van der Waals surface area contributed by atoms with Gasteiger partial charge < -0.3 is 5.32 Å². The molecule has 0 saturated heterocycles. The third-order valence-electron chi connectivity index (χ3n) is 3.06. The van der Waals surface area contributed by atoms with Crippen LogP contribution in [0.25, 0.3) is 0 Å². The molecule has 1 unspecified atom stereocenters. The van der Waals surface area contributed by atoms with Crippen LogP contribution in [0.1, 0.15) is 45.6 Å². The van der Waals surface area contributed by atoms with Gasteiger partial charge in [-0.2, -0.15) is 0 Å². The maximum atomic E-state index is 11.9. The van der Waals surface area contributed by atoms with Crippen LogP contribution in [0.15, 0.2) is 24.3 Å². The zero-order valence-electron chi connectivity index (χ0n) is 11.5. The van der Waals surface area contributed by atoms with Crippen LogP contribution in [0.3, 0.4) is 0 Å². The first kappa shape index (κ1) is 14.4. The first-order valence-corrected chi connectivity index (χ1v) is 6.37. The largest absolute Gasteiger partial charge is 0.325 e. The maximum absolute atomic E-state index is 11.9. The fourth-order valence-electron chi connectivity index (χ4n) is 1.84. The number of nitrogens with one attached hydrogen (secondary N) is 1. The number of ketones is 1. The number of carbonyl (C=O) groups excluding carboxylic acids is 2. The second-order valence-electron chi connectivity index (χ2n) is 4.84. The van der Waals surface area contributed by atoms with Gasteiger partial charge in [-0.05, 0) is 37.0 Å². The molecule has 0 spiro atoms. The van der Waals surface area contributed by atoms with Crippen molar-refractivity contribution >= 4 is 17.4 Å². The van der Waals surface area contributed by atoms with Crippen molar-refractivity contribution in [3.63, 3.8) is 0 Å². The van der Waals surface area contributed by atoms with E-state index >= 15 is 0 Å². The van der Waals surface area contributed by atoms with E-state index in [1.54, 1.807) is 0 Å². The van der Waals surface area contributed by atoms with Gasteiger partial charge in [0.05, 0.1) is 5.92 Å². The summed E-state index contributed by atoms with van der Waals surface area (Å²) in [4.78, 5) is 23.2. The molecular weight excluding hydrogens is 226 g/mol. The molecule has 3 heteroatoms. The minimum atomic E-state index is -0.547. The van der Waals surface area contributed by atoms with Gasteiger partial charge in [0, 0.05) is 5.69 Å². The lowest BCUT2D eigenvalue weighted by Gasteiger charge is -2.12. The smallest absolute Gasteiger partial charge is 0.234 e. The second kappa shape index (κ2) is 6.34. The summed E-state index contributed by atoms with van der Waals surface area (Å²) < 4.78 is 0. The Morgan fingerprint density at radius 2 is 1.72 bits per heavy atom. The maximum Gasteiger partial charge on any atom is 0.234 e. The number of amides is 1. The molecule has 0 saturated carbocycles. The first-order chi connectivity index (χ1) is 8.45. The van der Waals surface area contributed by atoms with Crippen molar-refractivity contribution in [2.45, 2.75) is 40.0 Å². The Kier molecular flexibility index (Phi) is 5.08. The summed E-state index contributed by atoms with van der Waals surface area (Å²) in [5, 5.41) is 2.78. The molecule has 98 valence electrons. The van der Waals surface area contributed by atoms with Gasteiger partial charge in [-0.1, -0.05) is 32.9 Å². The van der Waals surface area contributed by atoms with E-state index < -0.39 is 5.92 Å². The van der Waals surface area contributed by atoms with E-state index in [1.165, 1.54) is 12.5 Å². The zero-order valence-corrected chi connectivity index (χ0v) is 11.5. The highest BCUT2D eigenvalue weighted by Crippen LogP contribution is 2.18. The molecule has 0 aromatic heterocycles. The van der Waals surface area contributed by atoms with Crippen LogP contribution in [0.5, 0.6) is 0 Å². The second-order valence-corrected chi connectivity index (χ2v) is 4.84. The lowest BCUT2D eigenvalue weighted by Crippen LogP contribution is -2.27. The number of rotatable bonds is 5. The van der Waals surface area contributed by atoms with E-state index in [-0.39, 0.29) is 11.7 Å². The monoisotopic (exact) mass is 247 g/mol. The molecule has 0 fully saturated rings. The lowest BCUT2D eigenvalue weighted by atomic mass is 10.0. The van der Waals surface area contributed by atoms with E-state index in [2.05, 4.69) is 19.2 Å². The van der Waals surface area contributed by atoms with Crippen molar-refractivity contribution in [2.24, 2.45) is 5.92 Å². The molecular formula is C15H21NO2. The molecule has 18 heavy (non-hydrogen) atoms. The molecule has 1 rings (SSSR count). The normalized spacial score (nSPS) is 12.3. The third-order valence-corrected chi connectivity index (χ3v) is 3.06. The lowest BCUT2D eigenvalue weighted by molar-refractivity contribution is -0.129. The minimum Gasteiger partial charge on any atom is -0.325 e. The van der Waals surface area contributed by atoms with Crippen LogP contribution in [0.2, 0.25) is 0 Å². The van der Waals surface area contributed by atoms with E-state index in [4.69, 9.17) is 0 Å². The Bertz CT molecular complexity index is 421. The molecule has 0 radical (unpaired) electrons. The van der Waals surface area contributed by atoms with Crippen molar-refractivity contribution < 1.29 is 9.59 Å². The molecule has 0 heterocycles. The van der Waals surface area contributed by atoms with Gasteiger partial charge in [-0.25, -0.2) is 0 Å². The highest BCUT2D eigenvalue weighted by Gasteiger charge is 2.20. The van der Waals surface area contributed by atoms with Gasteiger partial charge in [-0.15, -0.1) is 0 Å². The fourth-order valence-corrected chi connectivity index (χ4v) is 1.84. The van der Waals surface area contributed by atoms with E-state index in [0.717, 1.165) is 5.69 Å². The molecule has 0 bridgehead atoms. The summed E-state index contributed by atoms with van der Waals surface area (Å²) in [6, 6.07) is 7.74. The molecule has 1 aromatic rings. The molecule has 1 N–H and O–H groups in total. The van der Waals surface area contributed by atoms with E-state index in [9.17, 15) is 9.59 Å². The van der Waals surface area contributed by atoms with Crippen LogP contribution < -0.4 is 5.32 Å². The van der Waals surface area contributed by atoms with Crippen molar-refractivity contribution in [1.82, 2.24) is 0 Å². The predicted molar refractivity (Wildman–Crippen MR) is 73.6 cm³/mol. The van der Waals surface area contributed by atoms with Crippen LogP contribution in [0, 0.1) is 5.92 Å². The van der Waals surface area contributed by atoms with Crippen LogP contribution in [-0.4, -0.2) is 11.7 Å². The molecule has 0 aliphatic carbocycles. The van der Waals surface area contributed by atoms with Crippen LogP contribution in [-0.2, 0) is 9.59 Å². The molecule has 3 nitrogen and oxygen atoms in total. The van der Waals surface area contributed by atoms with Crippen LogP contribution in [0.4, 0.5) is 5.69 Å². The summed E-state index contributed by atoms with van der Waals surface area (Å²) >= 11 is 0. The number of hydrogen-bond donors (Lipinski definition) is 1. The first-order valence-electron chi connectivity index (χ1n) is 6.37. The van der Waals surface area contributed by atoms with E-state index in [1.807, 2.05) is 31.2 Å². The third kappa shape index (κ3) is 3.69. The number of carbonyl (C=O) groups is 2. The summed E-state index contributed by atoms with van der Waals surface area (Å²) in [6.07, 6.45) is 0.533. The minimum absolute atomic E-state index is 0.0891. The number of hydrogen-bond acceptors (Lipinski definition) is 2. The Morgan fingerprint density at radius 1 is 1.17 bits per heavy atom. The predicted octanol–water partition coefficient (Wildman–Crippen LogP) is 3.36. The number of benzene rings is 1. The Morgan fingerprint density at radius 3 is 2.11 bits per heavy atom. The van der Waals surface area contributed by atoms with Gasteiger partial charge in [0.15, 0.2) is 0 Å². The fraction of sp³-hybridized carbons (Fsp3) is 0.467. The van der Waals surface area contributed by atoms with Gasteiger partial charge >= 0.3 is 0 Å². The molecule has 1 amide bonds. The summed E-state index contributed by atoms with van der Waals surface area (Å²) in [7, 11) is 0. The Balaban J connectivity index is 2.73. The summed E-state index contributed by atoms with van der Waals surface area (Å²) in [5.74, 6) is -0.388. The molecule has 0 aliphatic heterocycles. The highest BCUT2D eigenvalue weighted by molar-refractivity contribution is 6.06. The van der Waals surface area contributed by atoms with Gasteiger partial charge in [0.2, 0.25) is 5.91 Å². The molecule has 0 aliphatic rings. The van der Waals surface area contributed by atoms with Crippen molar-refractivity contribution in [3.8, 4) is 0 Å². The van der Waals surface area contributed by atoms with Crippen molar-refractivity contribution in [1.29, 1.82) is 0 Å². The standard InChI is InChI=1S/C15H21NO2/c1-5-14(11(4)17)15(18)16-13-8-6-12(7-9-13)10(2)3/h6-10,14H,5H2,1-4H3,(H,16,18). The number of anilines is 1. The van der Waals surface area contributed by atoms with E-state index in [0.29, 0.717) is 12.3 Å². The number of Topliss-reactive ketones (excluding diaryl/α,β-unsaturated/α-hetero) is 1. The Hall–Kier alpha value is -1.64. The average molecular weight is 247 g/mol. The average Bonchev–Trinajstić information content (AvgIpc) is 2.29. The summed E-state index contributed by atoms with van der Waals surface area (Å²) in [5.41, 5.74) is 1.97. The van der Waals surface area contributed by atoms with Gasteiger partial charge in [0.25, 0.3) is 0 Å². The van der Waals surface area contributed by atoms with Gasteiger partial charge in [0.1, 0.15) is 5.78 Å². The van der Waals surface area contributed by atoms with Gasteiger partial charge in [-0.3, -0.25) is 9.59 Å². The van der Waals surface area contributed by atoms with Crippen LogP contribution >= 0.6 is 0 Å². The quantitative estimate of drug-likeness (QED) is 0.811. The Labute approximate surface area is 109 Å². The summed E-state index contributed by atoms with van der Waals surface area (Å²) in [6.45, 7) is 7.54. The highest BCUT2D eigenvalue weighted by atomic mass is 16.2. The van der Waals surface area contributed by atoms with Crippen molar-refractivity contribution in [3.05, 3.63) is 29.8 Å². The van der Waals surface area contributed by atoms with Crippen molar-refractivity contribution in [2.75, 3.05) is 5.32 Å². The molecule has 1 aromatic carbocycles. The SMILES string of the molecule is CCC(C(C)=O)C(=O)Nc1ccc(C(C)C)cc1. The zero-order chi connectivity index (χ0) is 13.7. The molecule has 1 atom stereocenters. The topological polar surface area (TPSA) is 46.2 Å².